The van der Waals surface area contributed by atoms with Gasteiger partial charge in [0.15, 0.2) is 17.1 Å². The smallest absolute Gasteiger partial charge is 0.184 e. The van der Waals surface area contributed by atoms with Crippen LogP contribution in [0.1, 0.15) is 56.1 Å². The van der Waals surface area contributed by atoms with Gasteiger partial charge in [0.2, 0.25) is 0 Å². The van der Waals surface area contributed by atoms with E-state index in [1.54, 1.807) is 14.2 Å². The van der Waals surface area contributed by atoms with Crippen molar-refractivity contribution in [1.82, 2.24) is 0 Å². The van der Waals surface area contributed by atoms with E-state index in [4.69, 9.17) is 18.9 Å². The highest BCUT2D eigenvalue weighted by molar-refractivity contribution is 5.51. The SMILES string of the molecule is COc1cc2c(cc1OC)[C@@H]1Cc3ccc(OCc4ccccc4)cc3C[N@+]1(Cc1ccc(OC(c3ccccc3)(c3ccccc3)c3ccccc3)cc1)CC2. The van der Waals surface area contributed by atoms with Gasteiger partial charge in [-0.15, -0.1) is 0 Å². The van der Waals surface area contributed by atoms with Crippen molar-refractivity contribution in [2.75, 3.05) is 20.8 Å². The van der Waals surface area contributed by atoms with Crippen molar-refractivity contribution >= 4 is 0 Å². The Morgan fingerprint density at radius 2 is 1.11 bits per heavy atom. The highest BCUT2D eigenvalue weighted by atomic mass is 16.5. The van der Waals surface area contributed by atoms with Gasteiger partial charge in [0.25, 0.3) is 0 Å². The number of methoxy groups -OCH3 is 2. The maximum Gasteiger partial charge on any atom is 0.184 e. The van der Waals surface area contributed by atoms with Crippen molar-refractivity contribution in [1.29, 1.82) is 0 Å². The zero-order valence-electron chi connectivity index (χ0n) is 32.6. The van der Waals surface area contributed by atoms with Gasteiger partial charge in [-0.1, -0.05) is 127 Å². The average molecular weight is 751 g/mol. The van der Waals surface area contributed by atoms with E-state index in [1.165, 1.54) is 27.8 Å². The van der Waals surface area contributed by atoms with Gasteiger partial charge in [-0.25, -0.2) is 0 Å². The summed E-state index contributed by atoms with van der Waals surface area (Å²) in [4.78, 5) is 0. The number of fused-ring (bicyclic) bond motifs is 4. The summed E-state index contributed by atoms with van der Waals surface area (Å²) in [6.07, 6.45) is 1.90. The molecule has 2 heterocycles. The fourth-order valence-corrected chi connectivity index (χ4v) is 9.22. The maximum atomic E-state index is 7.27. The van der Waals surface area contributed by atoms with Gasteiger partial charge >= 0.3 is 0 Å². The van der Waals surface area contributed by atoms with Crippen LogP contribution in [0.4, 0.5) is 0 Å². The minimum atomic E-state index is -0.842. The standard InChI is InChI=1S/C52H48NO4/c1-54-50-33-41-29-30-53(36-42-31-47(56-37-39-15-7-3-8-16-39)28-25-40(42)32-49(53)48(41)34-51(50)55-2)35-38-23-26-46(27-24-38)57-52(43-17-9-4-10-18-43,44-19-11-5-12-20-44)45-21-13-6-14-22-45/h3-28,31,33-34,49H,29-30,32,35-37H2,1-2H3/q+1/t49-,53+/m0/s1. The molecule has 5 heteroatoms. The number of ether oxygens (including phenoxy) is 4. The molecule has 2 aliphatic rings. The summed E-state index contributed by atoms with van der Waals surface area (Å²) in [5, 5.41) is 0. The molecule has 2 atom stereocenters. The number of hydrogen-bond donors (Lipinski definition) is 0. The molecule has 2 aliphatic heterocycles. The number of nitrogens with zero attached hydrogens (tertiary/aromatic N) is 1. The Labute approximate surface area is 336 Å². The van der Waals surface area contributed by atoms with Gasteiger partial charge < -0.3 is 23.4 Å². The van der Waals surface area contributed by atoms with Crippen LogP contribution in [0.3, 0.4) is 0 Å². The van der Waals surface area contributed by atoms with Gasteiger partial charge in [0.05, 0.1) is 20.8 Å². The second-order valence-electron chi connectivity index (χ2n) is 15.4. The second kappa shape index (κ2) is 15.7. The molecular formula is C52H48NO4+. The molecule has 0 radical (unpaired) electrons. The molecule has 0 unspecified atom stereocenters. The van der Waals surface area contributed by atoms with Gasteiger partial charge in [-0.05, 0) is 65.2 Å². The predicted molar refractivity (Wildman–Crippen MR) is 226 cm³/mol. The van der Waals surface area contributed by atoms with Crippen LogP contribution < -0.4 is 18.9 Å². The molecule has 7 aromatic carbocycles. The summed E-state index contributed by atoms with van der Waals surface area (Å²) in [7, 11) is 3.45. The van der Waals surface area contributed by atoms with Crippen molar-refractivity contribution in [2.24, 2.45) is 0 Å². The normalized spacial score (nSPS) is 17.1. The second-order valence-corrected chi connectivity index (χ2v) is 15.4. The first kappa shape index (κ1) is 36.3. The van der Waals surface area contributed by atoms with E-state index in [-0.39, 0.29) is 6.04 Å². The van der Waals surface area contributed by atoms with Crippen molar-refractivity contribution in [2.45, 2.75) is 44.2 Å². The lowest BCUT2D eigenvalue weighted by Crippen LogP contribution is -2.55. The molecule has 57 heavy (non-hydrogen) atoms. The fourth-order valence-electron chi connectivity index (χ4n) is 9.22. The topological polar surface area (TPSA) is 36.9 Å². The molecule has 5 nitrogen and oxygen atoms in total. The van der Waals surface area contributed by atoms with E-state index < -0.39 is 5.60 Å². The van der Waals surface area contributed by atoms with Crippen LogP contribution in [-0.4, -0.2) is 25.2 Å². The Bertz CT molecular complexity index is 2340. The quantitative estimate of drug-likeness (QED) is 0.0921. The van der Waals surface area contributed by atoms with Gasteiger partial charge in [0.1, 0.15) is 37.2 Å². The van der Waals surface area contributed by atoms with E-state index in [1.807, 2.05) is 6.07 Å². The third kappa shape index (κ3) is 7.04. The largest absolute Gasteiger partial charge is 0.493 e. The van der Waals surface area contributed by atoms with Crippen LogP contribution in [0.5, 0.6) is 23.0 Å². The molecule has 0 bridgehead atoms. The number of rotatable bonds is 12. The minimum Gasteiger partial charge on any atom is -0.493 e. The zero-order valence-corrected chi connectivity index (χ0v) is 32.6. The van der Waals surface area contributed by atoms with E-state index in [0.29, 0.717) is 6.61 Å². The van der Waals surface area contributed by atoms with Gasteiger partial charge in [0, 0.05) is 46.2 Å². The van der Waals surface area contributed by atoms with Crippen molar-refractivity contribution in [3.63, 3.8) is 0 Å². The third-order valence-electron chi connectivity index (χ3n) is 12.0. The summed E-state index contributed by atoms with van der Waals surface area (Å²) in [5.74, 6) is 3.31. The maximum absolute atomic E-state index is 7.27. The average Bonchev–Trinajstić information content (AvgIpc) is 3.28. The van der Waals surface area contributed by atoms with Crippen LogP contribution >= 0.6 is 0 Å². The molecule has 9 rings (SSSR count). The molecule has 284 valence electrons. The van der Waals surface area contributed by atoms with Crippen molar-refractivity contribution in [3.05, 3.63) is 226 Å². The van der Waals surface area contributed by atoms with Crippen LogP contribution in [0.2, 0.25) is 0 Å². The van der Waals surface area contributed by atoms with Crippen molar-refractivity contribution < 1.29 is 23.4 Å². The molecule has 7 aromatic rings. The Balaban J connectivity index is 1.07. The summed E-state index contributed by atoms with van der Waals surface area (Å²) in [6.45, 7) is 3.35. The first-order chi connectivity index (χ1) is 28.1. The van der Waals surface area contributed by atoms with Crippen LogP contribution in [0.25, 0.3) is 0 Å². The Hall–Kier alpha value is -6.30. The lowest BCUT2D eigenvalue weighted by molar-refractivity contribution is -0.985. The van der Waals surface area contributed by atoms with Crippen LogP contribution in [0.15, 0.2) is 176 Å². The van der Waals surface area contributed by atoms with E-state index in [2.05, 4.69) is 170 Å². The Kier molecular flexibility index (Phi) is 10.00. The fraction of sp³-hybridized carbons (Fsp3) is 0.192. The molecule has 0 spiro atoms. The number of quaternary nitrogens is 1. The minimum absolute atomic E-state index is 0.259. The summed E-state index contributed by atoms with van der Waals surface area (Å²) in [5.41, 5.74) is 10.3. The molecule has 0 aromatic heterocycles. The van der Waals surface area contributed by atoms with Crippen LogP contribution in [-0.2, 0) is 38.1 Å². The first-order valence-corrected chi connectivity index (χ1v) is 19.9. The monoisotopic (exact) mass is 750 g/mol. The molecule has 0 saturated heterocycles. The van der Waals surface area contributed by atoms with Crippen LogP contribution in [0, 0.1) is 0 Å². The molecule has 0 aliphatic carbocycles. The lowest BCUT2D eigenvalue weighted by atomic mass is 9.80. The predicted octanol–water partition coefficient (Wildman–Crippen LogP) is 11.0. The zero-order chi connectivity index (χ0) is 38.7. The van der Waals surface area contributed by atoms with E-state index in [9.17, 15) is 0 Å². The molecular weight excluding hydrogens is 703 g/mol. The first-order valence-electron chi connectivity index (χ1n) is 19.9. The molecule has 0 saturated carbocycles. The molecule has 0 N–H and O–H groups in total. The van der Waals surface area contributed by atoms with E-state index >= 15 is 0 Å². The van der Waals surface area contributed by atoms with Gasteiger partial charge in [-0.2, -0.15) is 0 Å². The molecule has 0 fully saturated rings. The third-order valence-corrected chi connectivity index (χ3v) is 12.0. The molecule has 0 amide bonds. The summed E-state index contributed by atoms with van der Waals surface area (Å²) >= 11 is 0. The lowest BCUT2D eigenvalue weighted by Gasteiger charge is -2.51. The number of hydrogen-bond acceptors (Lipinski definition) is 4. The summed E-state index contributed by atoms with van der Waals surface area (Å²) < 4.78 is 26.2. The highest BCUT2D eigenvalue weighted by Gasteiger charge is 2.47. The Morgan fingerprint density at radius 1 is 0.544 bits per heavy atom. The highest BCUT2D eigenvalue weighted by Crippen LogP contribution is 2.49. The number of benzene rings is 7. The van der Waals surface area contributed by atoms with Gasteiger partial charge in [-0.3, -0.25) is 0 Å². The Morgan fingerprint density at radius 3 is 1.70 bits per heavy atom. The van der Waals surface area contributed by atoms with E-state index in [0.717, 1.165) is 82.2 Å². The van der Waals surface area contributed by atoms with Crippen molar-refractivity contribution in [3.8, 4) is 23.0 Å². The summed E-state index contributed by atoms with van der Waals surface area (Å²) in [6, 6.07) is 62.3.